The zero-order valence-corrected chi connectivity index (χ0v) is 22.0. The molecule has 0 spiro atoms. The average molecular weight is 507 g/mol. The molecule has 0 aliphatic heterocycles. The van der Waals surface area contributed by atoms with Gasteiger partial charge in [0.1, 0.15) is 0 Å². The van der Waals surface area contributed by atoms with Crippen molar-refractivity contribution >= 4 is 21.5 Å². The highest BCUT2D eigenvalue weighted by Crippen LogP contribution is 2.40. The molecule has 0 aromatic heterocycles. The molecule has 0 unspecified atom stereocenters. The van der Waals surface area contributed by atoms with E-state index in [9.17, 15) is 0 Å². The van der Waals surface area contributed by atoms with Gasteiger partial charge in [-0.25, -0.2) is 0 Å². The van der Waals surface area contributed by atoms with E-state index in [0.717, 1.165) is 11.1 Å². The van der Waals surface area contributed by atoms with Crippen LogP contribution >= 0.6 is 0 Å². The molecule has 0 fully saturated rings. The van der Waals surface area contributed by atoms with E-state index >= 15 is 0 Å². The molecule has 0 aliphatic rings. The SMILES string of the molecule is C(#Cc1c2ccccc2c(-c2cccc(-c3ccccc3)c2)c2ccccc12)c1ccc(-c2ccccc2)cc1. The maximum Gasteiger partial charge on any atom is 0.0406 e. The normalized spacial score (nSPS) is 10.8. The number of hydrogen-bond acceptors (Lipinski definition) is 0. The zero-order chi connectivity index (χ0) is 26.7. The Morgan fingerprint density at radius 2 is 0.750 bits per heavy atom. The van der Waals surface area contributed by atoms with Crippen molar-refractivity contribution in [2.45, 2.75) is 0 Å². The largest absolute Gasteiger partial charge is 0.0622 e. The zero-order valence-electron chi connectivity index (χ0n) is 22.0. The Balaban J connectivity index is 1.38. The Kier molecular flexibility index (Phi) is 6.17. The molecular weight excluding hydrogens is 480 g/mol. The highest BCUT2D eigenvalue weighted by atomic mass is 14.2. The van der Waals surface area contributed by atoms with Crippen molar-refractivity contribution in [1.29, 1.82) is 0 Å². The summed E-state index contributed by atoms with van der Waals surface area (Å²) in [5.41, 5.74) is 9.39. The summed E-state index contributed by atoms with van der Waals surface area (Å²) in [6, 6.07) is 55.8. The standard InChI is InChI=1S/C40H26/c1-3-12-30(13-4-1)32-25-22-29(23-26-32)24-27-37-35-18-7-9-20-38(35)40(39-21-10-8-19-36(37)39)34-17-11-16-33(28-34)31-14-5-2-6-15-31/h1-23,25-26,28H. The summed E-state index contributed by atoms with van der Waals surface area (Å²) < 4.78 is 0. The quantitative estimate of drug-likeness (QED) is 0.165. The molecule has 0 heterocycles. The molecule has 0 saturated heterocycles. The van der Waals surface area contributed by atoms with E-state index in [1.165, 1.54) is 54.9 Å². The van der Waals surface area contributed by atoms with Crippen molar-refractivity contribution in [3.8, 4) is 45.2 Å². The van der Waals surface area contributed by atoms with E-state index in [1.54, 1.807) is 0 Å². The molecule has 0 N–H and O–H groups in total. The van der Waals surface area contributed by atoms with E-state index in [4.69, 9.17) is 0 Å². The number of fused-ring (bicyclic) bond motifs is 2. The lowest BCUT2D eigenvalue weighted by molar-refractivity contribution is 1.59. The van der Waals surface area contributed by atoms with E-state index in [1.807, 2.05) is 6.07 Å². The van der Waals surface area contributed by atoms with E-state index in [-0.39, 0.29) is 0 Å². The molecule has 0 amide bonds. The van der Waals surface area contributed by atoms with Crippen LogP contribution in [0.5, 0.6) is 0 Å². The first-order valence-electron chi connectivity index (χ1n) is 13.6. The van der Waals surface area contributed by atoms with Crippen LogP contribution in [0.15, 0.2) is 158 Å². The van der Waals surface area contributed by atoms with Crippen LogP contribution in [0.3, 0.4) is 0 Å². The summed E-state index contributed by atoms with van der Waals surface area (Å²) >= 11 is 0. The van der Waals surface area contributed by atoms with E-state index < -0.39 is 0 Å². The van der Waals surface area contributed by atoms with Crippen LogP contribution in [0.1, 0.15) is 11.1 Å². The van der Waals surface area contributed by atoms with Crippen LogP contribution in [0.2, 0.25) is 0 Å². The Morgan fingerprint density at radius 1 is 0.300 bits per heavy atom. The van der Waals surface area contributed by atoms with Gasteiger partial charge >= 0.3 is 0 Å². The van der Waals surface area contributed by atoms with Crippen LogP contribution in [0.25, 0.3) is 54.9 Å². The summed E-state index contributed by atoms with van der Waals surface area (Å²) in [7, 11) is 0. The van der Waals surface area contributed by atoms with Crippen LogP contribution in [0.4, 0.5) is 0 Å². The molecule has 0 saturated carbocycles. The van der Waals surface area contributed by atoms with E-state index in [2.05, 4.69) is 164 Å². The first-order chi connectivity index (χ1) is 19.8. The molecular formula is C40H26. The van der Waals surface area contributed by atoms with Crippen LogP contribution in [0, 0.1) is 11.8 Å². The minimum absolute atomic E-state index is 1.01. The predicted octanol–water partition coefficient (Wildman–Crippen LogP) is 10.4. The van der Waals surface area contributed by atoms with Crippen molar-refractivity contribution < 1.29 is 0 Å². The lowest BCUT2D eigenvalue weighted by atomic mass is 9.87. The third kappa shape index (κ3) is 4.45. The van der Waals surface area contributed by atoms with Crippen molar-refractivity contribution in [3.05, 3.63) is 169 Å². The monoisotopic (exact) mass is 506 g/mol. The summed E-state index contributed by atoms with van der Waals surface area (Å²) in [5.74, 6) is 7.04. The Bertz CT molecular complexity index is 1960. The molecule has 40 heavy (non-hydrogen) atoms. The minimum atomic E-state index is 1.01. The molecule has 7 aromatic rings. The van der Waals surface area contributed by atoms with Crippen LogP contribution < -0.4 is 0 Å². The second-order valence-corrected chi connectivity index (χ2v) is 9.98. The second-order valence-electron chi connectivity index (χ2n) is 9.98. The first-order valence-corrected chi connectivity index (χ1v) is 13.6. The topological polar surface area (TPSA) is 0 Å². The van der Waals surface area contributed by atoms with Crippen molar-refractivity contribution in [2.75, 3.05) is 0 Å². The third-order valence-electron chi connectivity index (χ3n) is 7.51. The average Bonchev–Trinajstić information content (AvgIpc) is 3.04. The number of benzene rings is 7. The fourth-order valence-corrected chi connectivity index (χ4v) is 5.57. The molecule has 0 radical (unpaired) electrons. The smallest absolute Gasteiger partial charge is 0.0406 e. The molecule has 0 bridgehead atoms. The van der Waals surface area contributed by atoms with Gasteiger partial charge in [-0.2, -0.15) is 0 Å². The Morgan fingerprint density at radius 3 is 1.35 bits per heavy atom. The number of rotatable bonds is 3. The van der Waals surface area contributed by atoms with Gasteiger partial charge in [0, 0.05) is 11.1 Å². The predicted molar refractivity (Wildman–Crippen MR) is 170 cm³/mol. The van der Waals surface area contributed by atoms with Gasteiger partial charge in [-0.15, -0.1) is 0 Å². The summed E-state index contributed by atoms with van der Waals surface area (Å²) in [6.07, 6.45) is 0. The van der Waals surface area contributed by atoms with Crippen molar-refractivity contribution in [1.82, 2.24) is 0 Å². The molecule has 0 aliphatic carbocycles. The Hall–Kier alpha value is -5.38. The van der Waals surface area contributed by atoms with Gasteiger partial charge in [-0.05, 0) is 73.1 Å². The molecule has 0 nitrogen and oxygen atoms in total. The van der Waals surface area contributed by atoms with Gasteiger partial charge in [0.05, 0.1) is 0 Å². The lowest BCUT2D eigenvalue weighted by Gasteiger charge is -2.15. The molecule has 0 heteroatoms. The minimum Gasteiger partial charge on any atom is -0.0622 e. The van der Waals surface area contributed by atoms with Crippen LogP contribution in [-0.4, -0.2) is 0 Å². The van der Waals surface area contributed by atoms with E-state index in [0.29, 0.717) is 0 Å². The fourth-order valence-electron chi connectivity index (χ4n) is 5.57. The van der Waals surface area contributed by atoms with Crippen molar-refractivity contribution in [2.24, 2.45) is 0 Å². The Labute approximate surface area is 235 Å². The van der Waals surface area contributed by atoms with Gasteiger partial charge in [0.25, 0.3) is 0 Å². The van der Waals surface area contributed by atoms with Gasteiger partial charge in [0.2, 0.25) is 0 Å². The number of hydrogen-bond donors (Lipinski definition) is 0. The summed E-state index contributed by atoms with van der Waals surface area (Å²) in [6.45, 7) is 0. The van der Waals surface area contributed by atoms with Gasteiger partial charge in [0.15, 0.2) is 0 Å². The van der Waals surface area contributed by atoms with Gasteiger partial charge in [-0.3, -0.25) is 0 Å². The highest BCUT2D eigenvalue weighted by Gasteiger charge is 2.14. The van der Waals surface area contributed by atoms with Gasteiger partial charge < -0.3 is 0 Å². The molecule has 0 atom stereocenters. The molecule has 7 aromatic carbocycles. The maximum absolute atomic E-state index is 3.57. The fraction of sp³-hybridized carbons (Fsp3) is 0. The lowest BCUT2D eigenvalue weighted by Crippen LogP contribution is -1.91. The van der Waals surface area contributed by atoms with Crippen molar-refractivity contribution in [3.63, 3.8) is 0 Å². The molecule has 186 valence electrons. The summed E-state index contributed by atoms with van der Waals surface area (Å²) in [4.78, 5) is 0. The third-order valence-corrected chi connectivity index (χ3v) is 7.51. The molecule has 7 rings (SSSR count). The van der Waals surface area contributed by atoms with Crippen LogP contribution in [-0.2, 0) is 0 Å². The maximum atomic E-state index is 3.57. The first kappa shape index (κ1) is 23.7. The highest BCUT2D eigenvalue weighted by molar-refractivity contribution is 6.16. The van der Waals surface area contributed by atoms with Gasteiger partial charge in [-0.1, -0.05) is 151 Å². The second kappa shape index (κ2) is 10.4. The summed E-state index contributed by atoms with van der Waals surface area (Å²) in [5, 5.41) is 4.79.